The number of rotatable bonds is 5. The van der Waals surface area contributed by atoms with Crippen LogP contribution in [0.5, 0.6) is 0 Å². The predicted molar refractivity (Wildman–Crippen MR) is 90.5 cm³/mol. The number of nitrogens with zero attached hydrogens (tertiary/aromatic N) is 1. The van der Waals surface area contributed by atoms with Crippen molar-refractivity contribution in [3.05, 3.63) is 35.9 Å². The first-order valence-corrected chi connectivity index (χ1v) is 8.40. The van der Waals surface area contributed by atoms with Gasteiger partial charge in [0.25, 0.3) is 0 Å². The molecular formula is C17H26N2S. The molecule has 0 radical (unpaired) electrons. The molecule has 0 bridgehead atoms. The highest BCUT2D eigenvalue weighted by molar-refractivity contribution is 8.14. The molecule has 3 heteroatoms. The maximum absolute atomic E-state index is 4.61. The third-order valence-electron chi connectivity index (χ3n) is 3.32. The Bertz CT molecular complexity index is 434. The van der Waals surface area contributed by atoms with Crippen LogP contribution in [0.1, 0.15) is 39.2 Å². The van der Waals surface area contributed by atoms with Gasteiger partial charge in [-0.25, -0.2) is 0 Å². The second-order valence-corrected chi connectivity index (χ2v) is 7.96. The zero-order valence-corrected chi connectivity index (χ0v) is 13.7. The molecule has 20 heavy (non-hydrogen) atoms. The largest absolute Gasteiger partial charge is 0.365 e. The minimum Gasteiger partial charge on any atom is -0.365 e. The topological polar surface area (TPSA) is 24.4 Å². The molecule has 1 N–H and O–H groups in total. The second-order valence-electron chi connectivity index (χ2n) is 6.67. The fraction of sp³-hybridized carbons (Fsp3) is 0.588. The average Bonchev–Trinajstić information content (AvgIpc) is 2.81. The van der Waals surface area contributed by atoms with E-state index in [1.54, 1.807) is 0 Å². The van der Waals surface area contributed by atoms with Gasteiger partial charge in [0.15, 0.2) is 5.17 Å². The van der Waals surface area contributed by atoms with Gasteiger partial charge < -0.3 is 5.32 Å². The van der Waals surface area contributed by atoms with E-state index in [1.807, 2.05) is 11.8 Å². The van der Waals surface area contributed by atoms with E-state index in [2.05, 4.69) is 61.4 Å². The number of hydrogen-bond donors (Lipinski definition) is 1. The van der Waals surface area contributed by atoms with Crippen molar-refractivity contribution in [3.63, 3.8) is 0 Å². The summed E-state index contributed by atoms with van der Waals surface area (Å²) in [6.07, 6.45) is 3.53. The Morgan fingerprint density at radius 1 is 1.25 bits per heavy atom. The summed E-state index contributed by atoms with van der Waals surface area (Å²) in [7, 11) is 0. The van der Waals surface area contributed by atoms with Gasteiger partial charge in [-0.05, 0) is 30.2 Å². The smallest absolute Gasteiger partial charge is 0.156 e. The molecule has 2 nitrogen and oxygen atoms in total. The molecule has 1 heterocycles. The average molecular weight is 290 g/mol. The molecule has 1 aromatic rings. The van der Waals surface area contributed by atoms with Crippen molar-refractivity contribution in [1.29, 1.82) is 0 Å². The van der Waals surface area contributed by atoms with E-state index in [0.717, 1.165) is 31.1 Å². The summed E-state index contributed by atoms with van der Waals surface area (Å²) in [4.78, 5) is 4.61. The maximum atomic E-state index is 4.61. The fourth-order valence-electron chi connectivity index (χ4n) is 2.44. The summed E-state index contributed by atoms with van der Waals surface area (Å²) in [6.45, 7) is 8.91. The first-order chi connectivity index (χ1) is 9.53. The van der Waals surface area contributed by atoms with Gasteiger partial charge in [0.1, 0.15) is 0 Å². The van der Waals surface area contributed by atoms with Crippen molar-refractivity contribution >= 4 is 16.9 Å². The van der Waals surface area contributed by atoms with Crippen LogP contribution in [0.15, 0.2) is 35.3 Å². The van der Waals surface area contributed by atoms with E-state index in [-0.39, 0.29) is 0 Å². The number of aryl methyl sites for hydroxylation is 1. The van der Waals surface area contributed by atoms with Crippen LogP contribution in [0.25, 0.3) is 0 Å². The number of hydrogen-bond acceptors (Lipinski definition) is 3. The molecule has 0 spiro atoms. The van der Waals surface area contributed by atoms with Crippen LogP contribution in [-0.2, 0) is 6.42 Å². The Morgan fingerprint density at radius 2 is 2.00 bits per heavy atom. The highest BCUT2D eigenvalue weighted by atomic mass is 32.2. The quantitative estimate of drug-likeness (QED) is 0.825. The minimum absolute atomic E-state index is 0.399. The number of nitrogens with one attached hydrogen (secondary N) is 1. The van der Waals surface area contributed by atoms with E-state index in [0.29, 0.717) is 10.7 Å². The molecule has 110 valence electrons. The third kappa shape index (κ3) is 5.58. The summed E-state index contributed by atoms with van der Waals surface area (Å²) in [6, 6.07) is 10.7. The Labute approximate surface area is 127 Å². The van der Waals surface area contributed by atoms with Crippen LogP contribution in [0.3, 0.4) is 0 Å². The molecule has 0 amide bonds. The highest BCUT2D eigenvalue weighted by Crippen LogP contribution is 2.31. The lowest BCUT2D eigenvalue weighted by Gasteiger charge is -2.21. The SMILES string of the molecule is CC(C)(C)CC1CN=C(NCCCc2ccccc2)S1. The molecule has 0 fully saturated rings. The summed E-state index contributed by atoms with van der Waals surface area (Å²) in [5, 5.41) is 5.29. The molecule has 2 rings (SSSR count). The van der Waals surface area contributed by atoms with Crippen LogP contribution < -0.4 is 5.32 Å². The molecule has 0 aromatic heterocycles. The second kappa shape index (κ2) is 7.16. The number of benzene rings is 1. The van der Waals surface area contributed by atoms with Crippen molar-refractivity contribution in [2.45, 2.75) is 45.3 Å². The minimum atomic E-state index is 0.399. The number of amidine groups is 1. The van der Waals surface area contributed by atoms with Crippen LogP contribution in [-0.4, -0.2) is 23.5 Å². The highest BCUT2D eigenvalue weighted by Gasteiger charge is 2.24. The lowest BCUT2D eigenvalue weighted by atomic mass is 9.90. The van der Waals surface area contributed by atoms with Crippen molar-refractivity contribution < 1.29 is 0 Å². The Kier molecular flexibility index (Phi) is 5.53. The first-order valence-electron chi connectivity index (χ1n) is 7.52. The van der Waals surface area contributed by atoms with Gasteiger partial charge in [0.05, 0.1) is 6.54 Å². The normalized spacial score (nSPS) is 18.9. The molecule has 1 atom stereocenters. The lowest BCUT2D eigenvalue weighted by molar-refractivity contribution is 0.375. The van der Waals surface area contributed by atoms with Crippen molar-refractivity contribution in [2.75, 3.05) is 13.1 Å². The fourth-order valence-corrected chi connectivity index (χ4v) is 3.82. The van der Waals surface area contributed by atoms with Gasteiger partial charge in [0, 0.05) is 11.8 Å². The van der Waals surface area contributed by atoms with E-state index in [1.165, 1.54) is 12.0 Å². The molecule has 0 aliphatic carbocycles. The van der Waals surface area contributed by atoms with E-state index in [9.17, 15) is 0 Å². The molecule has 0 saturated heterocycles. The van der Waals surface area contributed by atoms with Gasteiger partial charge in [0.2, 0.25) is 0 Å². The van der Waals surface area contributed by atoms with Gasteiger partial charge in [-0.2, -0.15) is 0 Å². The van der Waals surface area contributed by atoms with Crippen LogP contribution in [0, 0.1) is 5.41 Å². The Hall–Kier alpha value is -0.960. The Balaban J connectivity index is 1.61. The molecule has 1 aliphatic rings. The predicted octanol–water partition coefficient (Wildman–Crippen LogP) is 4.12. The van der Waals surface area contributed by atoms with Crippen LogP contribution in [0.2, 0.25) is 0 Å². The Morgan fingerprint density at radius 3 is 2.70 bits per heavy atom. The summed E-state index contributed by atoms with van der Waals surface area (Å²) < 4.78 is 0. The molecule has 1 aliphatic heterocycles. The number of thioether (sulfide) groups is 1. The van der Waals surface area contributed by atoms with Crippen LogP contribution >= 0.6 is 11.8 Å². The summed E-state index contributed by atoms with van der Waals surface area (Å²) >= 11 is 1.92. The zero-order chi connectivity index (χ0) is 14.4. The van der Waals surface area contributed by atoms with Crippen LogP contribution in [0.4, 0.5) is 0 Å². The molecule has 1 aromatic carbocycles. The van der Waals surface area contributed by atoms with E-state index < -0.39 is 0 Å². The first kappa shape index (κ1) is 15.4. The zero-order valence-electron chi connectivity index (χ0n) is 12.9. The molecular weight excluding hydrogens is 264 g/mol. The summed E-state index contributed by atoms with van der Waals surface area (Å²) in [5.41, 5.74) is 1.82. The lowest BCUT2D eigenvalue weighted by Crippen LogP contribution is -2.22. The maximum Gasteiger partial charge on any atom is 0.156 e. The van der Waals surface area contributed by atoms with Crippen molar-refractivity contribution in [3.8, 4) is 0 Å². The van der Waals surface area contributed by atoms with E-state index >= 15 is 0 Å². The van der Waals surface area contributed by atoms with Crippen molar-refractivity contribution in [2.24, 2.45) is 10.4 Å². The third-order valence-corrected chi connectivity index (χ3v) is 4.46. The standard InChI is InChI=1S/C17H26N2S/c1-17(2,3)12-15-13-19-16(20-15)18-11-7-10-14-8-5-4-6-9-14/h4-6,8-9,15H,7,10-13H2,1-3H3,(H,18,19). The van der Waals surface area contributed by atoms with Gasteiger partial charge >= 0.3 is 0 Å². The van der Waals surface area contributed by atoms with E-state index in [4.69, 9.17) is 0 Å². The van der Waals surface area contributed by atoms with Gasteiger partial charge in [-0.3, -0.25) is 4.99 Å². The van der Waals surface area contributed by atoms with Gasteiger partial charge in [-0.1, -0.05) is 62.9 Å². The molecule has 1 unspecified atom stereocenters. The monoisotopic (exact) mass is 290 g/mol. The number of aliphatic imine (C=N–C) groups is 1. The molecule has 0 saturated carbocycles. The summed E-state index contributed by atoms with van der Waals surface area (Å²) in [5.74, 6) is 0. The van der Waals surface area contributed by atoms with Crippen molar-refractivity contribution in [1.82, 2.24) is 5.32 Å². The van der Waals surface area contributed by atoms with Gasteiger partial charge in [-0.15, -0.1) is 0 Å².